The van der Waals surface area contributed by atoms with Gasteiger partial charge in [-0.3, -0.25) is 4.79 Å². The Hall–Kier alpha value is -3.78. The molecule has 1 aliphatic heterocycles. The standard InChI is InChI=1S/C27H26FN3O3S/c1-16(2)24(26(33)34-3)31-15-19-8-7-18(13-23(19)25(31)32)17-9-11-21(12-10-17)29-27(35)30-22-6-4-5-20(28)14-22/h4-14,16,24H,15H2,1-3H3,(H2,29,30,35). The summed E-state index contributed by atoms with van der Waals surface area (Å²) < 4.78 is 18.3. The number of fused-ring (bicyclic) bond motifs is 1. The van der Waals surface area contributed by atoms with Crippen LogP contribution in [0.25, 0.3) is 11.1 Å². The van der Waals surface area contributed by atoms with Gasteiger partial charge in [0.25, 0.3) is 5.91 Å². The summed E-state index contributed by atoms with van der Waals surface area (Å²) in [7, 11) is 1.34. The van der Waals surface area contributed by atoms with Crippen molar-refractivity contribution >= 4 is 40.6 Å². The summed E-state index contributed by atoms with van der Waals surface area (Å²) in [6.07, 6.45) is 0. The monoisotopic (exact) mass is 491 g/mol. The average molecular weight is 492 g/mol. The summed E-state index contributed by atoms with van der Waals surface area (Å²) in [5.74, 6) is -0.989. The predicted molar refractivity (Wildman–Crippen MR) is 139 cm³/mol. The Kier molecular flexibility index (Phi) is 7.12. The first-order chi connectivity index (χ1) is 16.8. The number of esters is 1. The second-order valence-electron chi connectivity index (χ2n) is 8.68. The van der Waals surface area contributed by atoms with E-state index in [1.54, 1.807) is 17.0 Å². The van der Waals surface area contributed by atoms with Gasteiger partial charge in [0.15, 0.2) is 5.11 Å². The third kappa shape index (κ3) is 5.33. The molecule has 0 saturated carbocycles. The van der Waals surface area contributed by atoms with Crippen LogP contribution in [0.4, 0.5) is 15.8 Å². The van der Waals surface area contributed by atoms with E-state index in [1.165, 1.54) is 19.2 Å². The van der Waals surface area contributed by atoms with E-state index in [-0.39, 0.29) is 17.6 Å². The summed E-state index contributed by atoms with van der Waals surface area (Å²) >= 11 is 5.31. The van der Waals surface area contributed by atoms with Gasteiger partial charge in [-0.15, -0.1) is 0 Å². The maximum atomic E-state index is 13.4. The zero-order chi connectivity index (χ0) is 25.1. The number of benzene rings is 3. The molecule has 0 bridgehead atoms. The molecule has 1 unspecified atom stereocenters. The fourth-order valence-electron chi connectivity index (χ4n) is 4.21. The molecule has 8 heteroatoms. The molecular weight excluding hydrogens is 465 g/mol. The first kappa shape index (κ1) is 24.3. The lowest BCUT2D eigenvalue weighted by atomic mass is 10.00. The predicted octanol–water partition coefficient (Wildman–Crippen LogP) is 5.46. The van der Waals surface area contributed by atoms with Gasteiger partial charge in [0, 0.05) is 23.5 Å². The average Bonchev–Trinajstić information content (AvgIpc) is 3.14. The second kappa shape index (κ2) is 10.2. The Balaban J connectivity index is 1.47. The molecule has 180 valence electrons. The molecule has 1 aliphatic rings. The topological polar surface area (TPSA) is 70.7 Å². The quantitative estimate of drug-likeness (QED) is 0.353. The second-order valence-corrected chi connectivity index (χ2v) is 9.09. The number of carbonyl (C=O) groups excluding carboxylic acids is 2. The van der Waals surface area contributed by atoms with Crippen LogP contribution in [0.15, 0.2) is 66.7 Å². The van der Waals surface area contributed by atoms with Gasteiger partial charge in [0.2, 0.25) is 0 Å². The highest BCUT2D eigenvalue weighted by Crippen LogP contribution is 2.32. The van der Waals surface area contributed by atoms with Crippen molar-refractivity contribution in [2.75, 3.05) is 17.7 Å². The van der Waals surface area contributed by atoms with E-state index in [0.717, 1.165) is 22.4 Å². The molecule has 1 atom stereocenters. The largest absolute Gasteiger partial charge is 0.467 e. The van der Waals surface area contributed by atoms with Crippen molar-refractivity contribution < 1.29 is 18.7 Å². The Morgan fingerprint density at radius 2 is 1.69 bits per heavy atom. The Bertz CT molecular complexity index is 1280. The van der Waals surface area contributed by atoms with Gasteiger partial charge in [-0.1, -0.05) is 44.2 Å². The number of halogens is 1. The number of nitrogens with zero attached hydrogens (tertiary/aromatic N) is 1. The van der Waals surface area contributed by atoms with Crippen LogP contribution >= 0.6 is 12.2 Å². The molecule has 0 fully saturated rings. The van der Waals surface area contributed by atoms with Gasteiger partial charge in [-0.2, -0.15) is 0 Å². The molecule has 0 aliphatic carbocycles. The lowest BCUT2D eigenvalue weighted by Crippen LogP contribution is -2.45. The lowest BCUT2D eigenvalue weighted by molar-refractivity contribution is -0.147. The van der Waals surface area contributed by atoms with Gasteiger partial charge in [0.05, 0.1) is 7.11 Å². The number of ether oxygens (including phenoxy) is 1. The number of nitrogens with one attached hydrogen (secondary N) is 2. The molecule has 0 aromatic heterocycles. The minimum absolute atomic E-state index is 0.0679. The normalized spacial score (nSPS) is 13.4. The summed E-state index contributed by atoms with van der Waals surface area (Å²) in [6.45, 7) is 4.18. The van der Waals surface area contributed by atoms with E-state index >= 15 is 0 Å². The highest BCUT2D eigenvalue weighted by molar-refractivity contribution is 7.80. The maximum absolute atomic E-state index is 13.4. The molecule has 0 saturated heterocycles. The van der Waals surface area contributed by atoms with Crippen LogP contribution in [0.5, 0.6) is 0 Å². The van der Waals surface area contributed by atoms with Gasteiger partial charge < -0.3 is 20.3 Å². The number of hydrogen-bond acceptors (Lipinski definition) is 4. The fraction of sp³-hybridized carbons (Fsp3) is 0.222. The van der Waals surface area contributed by atoms with E-state index in [9.17, 15) is 14.0 Å². The summed E-state index contributed by atoms with van der Waals surface area (Å²) in [5, 5.41) is 6.37. The van der Waals surface area contributed by atoms with Gasteiger partial charge in [-0.05, 0) is 71.2 Å². The van der Waals surface area contributed by atoms with E-state index in [4.69, 9.17) is 17.0 Å². The minimum Gasteiger partial charge on any atom is -0.467 e. The van der Waals surface area contributed by atoms with Crippen molar-refractivity contribution in [3.63, 3.8) is 0 Å². The van der Waals surface area contributed by atoms with E-state index in [1.807, 2.05) is 56.3 Å². The Morgan fingerprint density at radius 3 is 2.34 bits per heavy atom. The van der Waals surface area contributed by atoms with Crippen molar-refractivity contribution in [3.8, 4) is 11.1 Å². The summed E-state index contributed by atoms with van der Waals surface area (Å²) in [4.78, 5) is 27.0. The van der Waals surface area contributed by atoms with Crippen molar-refractivity contribution in [1.29, 1.82) is 0 Å². The minimum atomic E-state index is -0.626. The first-order valence-electron chi connectivity index (χ1n) is 11.2. The Morgan fingerprint density at radius 1 is 1.00 bits per heavy atom. The van der Waals surface area contributed by atoms with Crippen molar-refractivity contribution in [2.45, 2.75) is 26.4 Å². The van der Waals surface area contributed by atoms with Gasteiger partial charge in [0.1, 0.15) is 11.9 Å². The number of anilines is 2. The molecule has 0 radical (unpaired) electrons. The number of thiocarbonyl (C=S) groups is 1. The highest BCUT2D eigenvalue weighted by atomic mass is 32.1. The molecule has 2 N–H and O–H groups in total. The lowest BCUT2D eigenvalue weighted by Gasteiger charge is -2.28. The van der Waals surface area contributed by atoms with E-state index in [2.05, 4.69) is 10.6 Å². The number of hydrogen-bond donors (Lipinski definition) is 2. The van der Waals surface area contributed by atoms with Gasteiger partial charge in [-0.25, -0.2) is 9.18 Å². The maximum Gasteiger partial charge on any atom is 0.328 e. The van der Waals surface area contributed by atoms with Crippen molar-refractivity contribution in [2.24, 2.45) is 5.92 Å². The molecule has 6 nitrogen and oxygen atoms in total. The SMILES string of the molecule is COC(=O)C(C(C)C)N1Cc2ccc(-c3ccc(NC(=S)Nc4cccc(F)c4)cc3)cc2C1=O. The molecule has 3 aromatic carbocycles. The molecule has 0 spiro atoms. The van der Waals surface area contributed by atoms with Crippen molar-refractivity contribution in [1.82, 2.24) is 4.90 Å². The van der Waals surface area contributed by atoms with Crippen molar-refractivity contribution in [3.05, 3.63) is 83.7 Å². The fourth-order valence-corrected chi connectivity index (χ4v) is 4.45. The number of amides is 1. The van der Waals surface area contributed by atoms with Crippen LogP contribution < -0.4 is 10.6 Å². The van der Waals surface area contributed by atoms with Crippen LogP contribution in [0.3, 0.4) is 0 Å². The molecule has 3 aromatic rings. The summed E-state index contributed by atoms with van der Waals surface area (Å²) in [6, 6.07) is 18.8. The molecule has 1 heterocycles. The highest BCUT2D eigenvalue weighted by Gasteiger charge is 2.38. The molecule has 35 heavy (non-hydrogen) atoms. The van der Waals surface area contributed by atoms with Gasteiger partial charge >= 0.3 is 5.97 Å². The van der Waals surface area contributed by atoms with E-state index in [0.29, 0.717) is 22.9 Å². The third-order valence-electron chi connectivity index (χ3n) is 5.91. The molecule has 1 amide bonds. The third-order valence-corrected chi connectivity index (χ3v) is 6.11. The zero-order valence-electron chi connectivity index (χ0n) is 19.7. The van der Waals surface area contributed by atoms with E-state index < -0.39 is 12.0 Å². The zero-order valence-corrected chi connectivity index (χ0v) is 20.5. The number of carbonyl (C=O) groups is 2. The van der Waals surface area contributed by atoms with Crippen LogP contribution in [-0.2, 0) is 16.1 Å². The Labute approximate surface area is 209 Å². The number of methoxy groups -OCH3 is 1. The van der Waals surface area contributed by atoms with Crippen LogP contribution in [0, 0.1) is 11.7 Å². The first-order valence-corrected chi connectivity index (χ1v) is 11.6. The van der Waals surface area contributed by atoms with Crippen LogP contribution in [-0.4, -0.2) is 35.0 Å². The van der Waals surface area contributed by atoms with Crippen LogP contribution in [0.2, 0.25) is 0 Å². The molecule has 4 rings (SSSR count). The smallest absolute Gasteiger partial charge is 0.328 e. The van der Waals surface area contributed by atoms with Crippen LogP contribution in [0.1, 0.15) is 29.8 Å². The summed E-state index contributed by atoms with van der Waals surface area (Å²) in [5.41, 5.74) is 4.64. The molecular formula is C27H26FN3O3S. The number of rotatable bonds is 6.